The molecule has 0 aliphatic carbocycles. The predicted molar refractivity (Wildman–Crippen MR) is 104 cm³/mol. The summed E-state index contributed by atoms with van der Waals surface area (Å²) in [7, 11) is 2.52. The van der Waals surface area contributed by atoms with Crippen LogP contribution in [0.15, 0.2) is 38.0 Å². The molecule has 0 saturated heterocycles. The minimum absolute atomic E-state index is 0.0177. The van der Waals surface area contributed by atoms with E-state index in [2.05, 4.69) is 25.1 Å². The molecule has 0 saturated carbocycles. The highest BCUT2D eigenvalue weighted by molar-refractivity contribution is 8.76. The van der Waals surface area contributed by atoms with E-state index in [1.165, 1.54) is 39.8 Å². The summed E-state index contributed by atoms with van der Waals surface area (Å²) in [6.07, 6.45) is 3.51. The Bertz CT molecular complexity index is 501. The van der Waals surface area contributed by atoms with Crippen molar-refractivity contribution in [2.75, 3.05) is 31.3 Å². The molecule has 0 rings (SSSR count). The third-order valence-corrected chi connectivity index (χ3v) is 4.91. The Hall–Kier alpha value is -1.91. The zero-order valence-electron chi connectivity index (χ0n) is 14.4. The average Bonchev–Trinajstić information content (AvgIpc) is 2.64. The molecule has 146 valence electrons. The van der Waals surface area contributed by atoms with Crippen LogP contribution < -0.4 is 11.1 Å². The number of esters is 2. The number of carbonyl (C=O) groups excluding carboxylic acids is 3. The fourth-order valence-electron chi connectivity index (χ4n) is 1.28. The second-order valence-corrected chi connectivity index (χ2v) is 7.15. The zero-order valence-corrected chi connectivity index (χ0v) is 16.0. The van der Waals surface area contributed by atoms with Crippen LogP contribution in [0.25, 0.3) is 0 Å². The van der Waals surface area contributed by atoms with Gasteiger partial charge in [0.05, 0.1) is 0 Å². The van der Waals surface area contributed by atoms with E-state index in [1.54, 1.807) is 0 Å². The van der Waals surface area contributed by atoms with Crippen molar-refractivity contribution in [2.45, 2.75) is 12.1 Å². The van der Waals surface area contributed by atoms with Gasteiger partial charge in [0.25, 0.3) is 0 Å². The van der Waals surface area contributed by atoms with Crippen molar-refractivity contribution in [2.24, 2.45) is 5.73 Å². The molecule has 0 bridgehead atoms. The molecule has 8 nitrogen and oxygen atoms in total. The van der Waals surface area contributed by atoms with E-state index in [-0.39, 0.29) is 31.3 Å². The van der Waals surface area contributed by atoms with E-state index in [1.807, 2.05) is 0 Å². The van der Waals surface area contributed by atoms with Crippen molar-refractivity contribution in [1.29, 1.82) is 0 Å². The van der Waals surface area contributed by atoms with Gasteiger partial charge in [0, 0.05) is 11.5 Å². The number of carbonyl (C=O) groups is 3. The Morgan fingerprint density at radius 1 is 0.885 bits per heavy atom. The van der Waals surface area contributed by atoms with Crippen LogP contribution in [0, 0.1) is 0 Å². The fourth-order valence-corrected chi connectivity index (χ4v) is 3.54. The Morgan fingerprint density at radius 2 is 1.38 bits per heavy atom. The van der Waals surface area contributed by atoms with Crippen molar-refractivity contribution >= 4 is 39.6 Å². The SMILES string of the molecule is C=CCOC(=O)N[C@H](CSSC[C@@H](N)C(=O)OCC=C)C(=O)OCC=C. The minimum atomic E-state index is -0.922. The van der Waals surface area contributed by atoms with Crippen LogP contribution in [0.4, 0.5) is 4.79 Å². The number of nitrogens with two attached hydrogens (primary N) is 1. The molecule has 0 fully saturated rings. The average molecular weight is 405 g/mol. The van der Waals surface area contributed by atoms with E-state index < -0.39 is 30.1 Å². The van der Waals surface area contributed by atoms with Gasteiger partial charge in [-0.2, -0.15) is 0 Å². The van der Waals surface area contributed by atoms with Crippen molar-refractivity contribution in [1.82, 2.24) is 5.32 Å². The van der Waals surface area contributed by atoms with Gasteiger partial charge in [-0.3, -0.25) is 4.79 Å². The molecule has 1 amide bonds. The molecule has 0 spiro atoms. The number of hydrogen-bond acceptors (Lipinski definition) is 9. The molecule has 10 heteroatoms. The van der Waals surface area contributed by atoms with E-state index in [9.17, 15) is 14.4 Å². The van der Waals surface area contributed by atoms with Gasteiger partial charge < -0.3 is 25.3 Å². The molecule has 0 radical (unpaired) electrons. The number of amides is 1. The van der Waals surface area contributed by atoms with E-state index in [4.69, 9.17) is 19.9 Å². The first-order chi connectivity index (χ1) is 12.5. The van der Waals surface area contributed by atoms with E-state index in [0.717, 1.165) is 0 Å². The summed E-state index contributed by atoms with van der Waals surface area (Å²) in [4.78, 5) is 35.1. The molecule has 0 aromatic carbocycles. The maximum absolute atomic E-state index is 12.0. The van der Waals surface area contributed by atoms with Gasteiger partial charge in [-0.25, -0.2) is 9.59 Å². The van der Waals surface area contributed by atoms with Gasteiger partial charge in [0.1, 0.15) is 31.9 Å². The molecule has 3 N–H and O–H groups in total. The maximum atomic E-state index is 12.0. The molecule has 0 heterocycles. The Balaban J connectivity index is 4.39. The molecule has 0 unspecified atom stereocenters. The van der Waals surface area contributed by atoms with Crippen LogP contribution in [-0.4, -0.2) is 61.4 Å². The number of rotatable bonds is 14. The summed E-state index contributed by atoms with van der Waals surface area (Å²) < 4.78 is 14.6. The molecule has 2 atom stereocenters. The summed E-state index contributed by atoms with van der Waals surface area (Å²) in [5.41, 5.74) is 5.69. The lowest BCUT2D eigenvalue weighted by Gasteiger charge is -2.17. The third kappa shape index (κ3) is 11.6. The zero-order chi connectivity index (χ0) is 19.8. The van der Waals surface area contributed by atoms with Crippen molar-refractivity contribution < 1.29 is 28.6 Å². The normalized spacial score (nSPS) is 12.2. The summed E-state index contributed by atoms with van der Waals surface area (Å²) in [5.74, 6) is -0.692. The van der Waals surface area contributed by atoms with E-state index >= 15 is 0 Å². The van der Waals surface area contributed by atoms with Gasteiger partial charge in [0.2, 0.25) is 0 Å². The molecule has 0 aromatic heterocycles. The topological polar surface area (TPSA) is 117 Å². The number of alkyl carbamates (subject to hydrolysis) is 1. The largest absolute Gasteiger partial charge is 0.460 e. The summed E-state index contributed by atoms with van der Waals surface area (Å²) in [5, 5.41) is 2.41. The number of nitrogens with one attached hydrogen (secondary N) is 1. The smallest absolute Gasteiger partial charge is 0.408 e. The van der Waals surface area contributed by atoms with Gasteiger partial charge in [-0.05, 0) is 0 Å². The maximum Gasteiger partial charge on any atom is 0.408 e. The van der Waals surface area contributed by atoms with Gasteiger partial charge in [-0.15, -0.1) is 0 Å². The molecular formula is C16H24N2O6S2. The summed E-state index contributed by atoms with van der Waals surface area (Å²) in [6.45, 7) is 10.5. The molecular weight excluding hydrogens is 380 g/mol. The van der Waals surface area contributed by atoms with Crippen LogP contribution >= 0.6 is 21.6 Å². The summed E-state index contributed by atoms with van der Waals surface area (Å²) >= 11 is 0. The van der Waals surface area contributed by atoms with Gasteiger partial charge in [-0.1, -0.05) is 59.6 Å². The van der Waals surface area contributed by atoms with E-state index in [0.29, 0.717) is 0 Å². The molecule has 0 aliphatic rings. The van der Waals surface area contributed by atoms with Crippen molar-refractivity contribution in [3.8, 4) is 0 Å². The van der Waals surface area contributed by atoms with Crippen LogP contribution in [0.5, 0.6) is 0 Å². The Morgan fingerprint density at radius 3 is 1.96 bits per heavy atom. The van der Waals surface area contributed by atoms with Crippen LogP contribution in [0.1, 0.15) is 0 Å². The third-order valence-electron chi connectivity index (χ3n) is 2.46. The van der Waals surface area contributed by atoms with Crippen LogP contribution in [-0.2, 0) is 23.8 Å². The highest BCUT2D eigenvalue weighted by atomic mass is 33.1. The highest BCUT2D eigenvalue weighted by Gasteiger charge is 2.23. The fraction of sp³-hybridized carbons (Fsp3) is 0.438. The monoisotopic (exact) mass is 404 g/mol. The molecule has 26 heavy (non-hydrogen) atoms. The lowest BCUT2D eigenvalue weighted by atomic mass is 10.3. The number of ether oxygens (including phenoxy) is 3. The van der Waals surface area contributed by atoms with Crippen LogP contribution in [0.3, 0.4) is 0 Å². The predicted octanol–water partition coefficient (Wildman–Crippen LogP) is 1.43. The Kier molecular flexibility index (Phi) is 14.2. The highest BCUT2D eigenvalue weighted by Crippen LogP contribution is 2.23. The quantitative estimate of drug-likeness (QED) is 0.146. The Labute approximate surface area is 161 Å². The molecule has 0 aliphatic heterocycles. The first kappa shape index (κ1) is 24.1. The minimum Gasteiger partial charge on any atom is -0.460 e. The second-order valence-electron chi connectivity index (χ2n) is 4.60. The standard InChI is InChI=1S/C16H24N2O6S2/c1-4-7-22-14(19)12(17)10-25-26-11-13(15(20)23-8-5-2)18-16(21)24-9-6-3/h4-6,12-13H,1-3,7-11,17H2,(H,18,21)/t12-,13-/m1/s1. The lowest BCUT2D eigenvalue weighted by molar-refractivity contribution is -0.144. The molecule has 0 aromatic rings. The first-order valence-electron chi connectivity index (χ1n) is 7.55. The summed E-state index contributed by atoms with van der Waals surface area (Å²) in [6, 6.07) is -1.72. The van der Waals surface area contributed by atoms with Gasteiger partial charge >= 0.3 is 18.0 Å². The van der Waals surface area contributed by atoms with Crippen LogP contribution in [0.2, 0.25) is 0 Å². The van der Waals surface area contributed by atoms with Crippen molar-refractivity contribution in [3.63, 3.8) is 0 Å². The second kappa shape index (κ2) is 15.4. The number of hydrogen-bond donors (Lipinski definition) is 2. The lowest BCUT2D eigenvalue weighted by Crippen LogP contribution is -2.44. The van der Waals surface area contributed by atoms with Gasteiger partial charge in [0.15, 0.2) is 0 Å². The first-order valence-corrected chi connectivity index (χ1v) is 10.0. The van der Waals surface area contributed by atoms with Crippen molar-refractivity contribution in [3.05, 3.63) is 38.0 Å².